The molecular formula is C24H28N2O5. The number of aliphatic hydroxyl groups is 1. The van der Waals surface area contributed by atoms with E-state index in [9.17, 15) is 14.7 Å². The van der Waals surface area contributed by atoms with Gasteiger partial charge in [0.2, 0.25) is 0 Å². The fourth-order valence-electron chi connectivity index (χ4n) is 3.51. The van der Waals surface area contributed by atoms with Gasteiger partial charge in [0.25, 0.3) is 11.7 Å². The molecule has 1 aliphatic rings. The third-order valence-electron chi connectivity index (χ3n) is 5.02. The van der Waals surface area contributed by atoms with Gasteiger partial charge in [-0.3, -0.25) is 14.6 Å². The number of nitrogens with zero attached hydrogens (tertiary/aromatic N) is 2. The molecule has 164 valence electrons. The van der Waals surface area contributed by atoms with E-state index < -0.39 is 17.7 Å². The second-order valence-electron chi connectivity index (χ2n) is 7.85. The van der Waals surface area contributed by atoms with Crippen molar-refractivity contribution in [1.82, 2.24) is 9.88 Å². The van der Waals surface area contributed by atoms with Gasteiger partial charge in [-0.1, -0.05) is 13.8 Å². The first-order chi connectivity index (χ1) is 14.9. The lowest BCUT2D eigenvalue weighted by molar-refractivity contribution is -0.140. The Hall–Kier alpha value is -3.19. The number of hydrogen-bond donors (Lipinski definition) is 1. The Balaban J connectivity index is 1.98. The molecule has 1 fully saturated rings. The van der Waals surface area contributed by atoms with E-state index >= 15 is 0 Å². The zero-order valence-corrected chi connectivity index (χ0v) is 18.1. The number of methoxy groups -OCH3 is 1. The van der Waals surface area contributed by atoms with Crippen LogP contribution in [0.2, 0.25) is 0 Å². The van der Waals surface area contributed by atoms with Crippen LogP contribution >= 0.6 is 0 Å². The van der Waals surface area contributed by atoms with Gasteiger partial charge in [0, 0.05) is 38.2 Å². The first-order valence-corrected chi connectivity index (χ1v) is 10.3. The normalized spacial score (nSPS) is 18.1. The van der Waals surface area contributed by atoms with Gasteiger partial charge in [-0.05, 0) is 54.3 Å². The van der Waals surface area contributed by atoms with Crippen LogP contribution in [0.5, 0.6) is 5.75 Å². The summed E-state index contributed by atoms with van der Waals surface area (Å²) in [5, 5.41) is 11.0. The number of ketones is 1. The van der Waals surface area contributed by atoms with Crippen LogP contribution in [0.1, 0.15) is 37.4 Å². The van der Waals surface area contributed by atoms with Crippen LogP contribution in [0.25, 0.3) is 5.76 Å². The third kappa shape index (κ3) is 5.11. The van der Waals surface area contributed by atoms with Crippen molar-refractivity contribution < 1.29 is 24.2 Å². The number of Topliss-reactive ketones (excluding diaryl/α,β-unsaturated/α-hetero) is 1. The van der Waals surface area contributed by atoms with Gasteiger partial charge in [-0.2, -0.15) is 0 Å². The van der Waals surface area contributed by atoms with Gasteiger partial charge in [0.05, 0.1) is 18.2 Å². The summed E-state index contributed by atoms with van der Waals surface area (Å²) in [5.74, 6) is -0.462. The topological polar surface area (TPSA) is 89.0 Å². The minimum Gasteiger partial charge on any atom is -0.507 e. The van der Waals surface area contributed by atoms with Crippen molar-refractivity contribution in [3.63, 3.8) is 0 Å². The predicted octanol–water partition coefficient (Wildman–Crippen LogP) is 3.57. The first-order valence-electron chi connectivity index (χ1n) is 10.3. The molecule has 31 heavy (non-hydrogen) atoms. The molecule has 0 radical (unpaired) electrons. The molecule has 2 aromatic rings. The predicted molar refractivity (Wildman–Crippen MR) is 117 cm³/mol. The number of ether oxygens (including phenoxy) is 2. The summed E-state index contributed by atoms with van der Waals surface area (Å²) in [4.78, 5) is 31.2. The number of aliphatic hydroxyl groups excluding tert-OH is 1. The van der Waals surface area contributed by atoms with Crippen molar-refractivity contribution in [3.8, 4) is 5.75 Å². The summed E-state index contributed by atoms with van der Waals surface area (Å²) >= 11 is 0. The summed E-state index contributed by atoms with van der Waals surface area (Å²) in [6.07, 6.45) is 3.78. The minimum absolute atomic E-state index is 0.0736. The molecule has 0 saturated carbocycles. The van der Waals surface area contributed by atoms with Gasteiger partial charge in [0.15, 0.2) is 0 Å². The highest BCUT2D eigenvalue weighted by atomic mass is 16.5. The fourth-order valence-corrected chi connectivity index (χ4v) is 3.51. The van der Waals surface area contributed by atoms with E-state index in [1.54, 1.807) is 55.9 Å². The summed E-state index contributed by atoms with van der Waals surface area (Å²) in [7, 11) is 1.59. The molecule has 7 nitrogen and oxygen atoms in total. The standard InChI is InChI=1S/C24H28N2O5/c1-16(2)15-31-19-7-5-18(6-8-19)22(27)20-21(17-9-11-25-12-10-17)26(13-4-14-30-3)24(29)23(20)28/h5-12,16,21,27H,4,13-15H2,1-3H3. The highest BCUT2D eigenvalue weighted by Gasteiger charge is 2.45. The Morgan fingerprint density at radius 3 is 2.42 bits per heavy atom. The van der Waals surface area contributed by atoms with Crippen molar-refractivity contribution in [3.05, 3.63) is 65.5 Å². The molecule has 1 aromatic carbocycles. The lowest BCUT2D eigenvalue weighted by Gasteiger charge is -2.25. The van der Waals surface area contributed by atoms with E-state index in [0.717, 1.165) is 0 Å². The van der Waals surface area contributed by atoms with Crippen LogP contribution in [0.4, 0.5) is 0 Å². The molecule has 3 rings (SSSR count). The smallest absolute Gasteiger partial charge is 0.295 e. The van der Waals surface area contributed by atoms with Gasteiger partial charge in [-0.25, -0.2) is 0 Å². The fraction of sp³-hybridized carbons (Fsp3) is 0.375. The molecule has 0 aliphatic carbocycles. The molecule has 1 N–H and O–H groups in total. The van der Waals surface area contributed by atoms with Crippen LogP contribution < -0.4 is 4.74 Å². The number of amides is 1. The van der Waals surface area contributed by atoms with Crippen LogP contribution in [0, 0.1) is 5.92 Å². The Bertz CT molecular complexity index is 938. The quantitative estimate of drug-likeness (QED) is 0.286. The first kappa shape index (κ1) is 22.5. The summed E-state index contributed by atoms with van der Waals surface area (Å²) in [6.45, 7) is 5.50. The number of carbonyl (C=O) groups excluding carboxylic acids is 2. The number of pyridine rings is 1. The highest BCUT2D eigenvalue weighted by molar-refractivity contribution is 6.46. The van der Waals surface area contributed by atoms with Gasteiger partial charge < -0.3 is 19.5 Å². The zero-order chi connectivity index (χ0) is 22.4. The Kier molecular flexibility index (Phi) is 7.41. The number of carbonyl (C=O) groups is 2. The van der Waals surface area contributed by atoms with Crippen molar-refractivity contribution in [2.75, 3.05) is 26.9 Å². The van der Waals surface area contributed by atoms with Crippen LogP contribution in [-0.2, 0) is 14.3 Å². The second kappa shape index (κ2) is 10.2. The Morgan fingerprint density at radius 1 is 1.13 bits per heavy atom. The zero-order valence-electron chi connectivity index (χ0n) is 18.1. The molecule has 1 aliphatic heterocycles. The van der Waals surface area contributed by atoms with Gasteiger partial charge >= 0.3 is 0 Å². The number of aromatic nitrogens is 1. The molecule has 2 heterocycles. The lowest BCUT2D eigenvalue weighted by atomic mass is 9.96. The molecule has 0 spiro atoms. The van der Waals surface area contributed by atoms with Gasteiger partial charge in [-0.15, -0.1) is 0 Å². The monoisotopic (exact) mass is 424 g/mol. The van der Waals surface area contributed by atoms with E-state index in [-0.39, 0.29) is 11.3 Å². The van der Waals surface area contributed by atoms with Gasteiger partial charge in [0.1, 0.15) is 11.5 Å². The average molecular weight is 424 g/mol. The third-order valence-corrected chi connectivity index (χ3v) is 5.02. The summed E-state index contributed by atoms with van der Waals surface area (Å²) in [6, 6.07) is 9.67. The molecule has 1 aromatic heterocycles. The Morgan fingerprint density at radius 2 is 1.81 bits per heavy atom. The van der Waals surface area contributed by atoms with E-state index in [0.29, 0.717) is 49.0 Å². The molecular weight excluding hydrogens is 396 g/mol. The van der Waals surface area contributed by atoms with Crippen molar-refractivity contribution in [2.45, 2.75) is 26.3 Å². The number of likely N-dealkylation sites (tertiary alicyclic amines) is 1. The molecule has 1 unspecified atom stereocenters. The summed E-state index contributed by atoms with van der Waals surface area (Å²) < 4.78 is 10.8. The SMILES string of the molecule is COCCCN1C(=O)C(=O)C(=C(O)c2ccc(OCC(C)C)cc2)C1c1ccncc1. The van der Waals surface area contributed by atoms with Crippen molar-refractivity contribution in [1.29, 1.82) is 0 Å². The van der Waals surface area contributed by atoms with Crippen molar-refractivity contribution in [2.24, 2.45) is 5.92 Å². The number of benzene rings is 1. The molecule has 1 atom stereocenters. The Labute approximate surface area is 182 Å². The average Bonchev–Trinajstić information content (AvgIpc) is 3.03. The molecule has 7 heteroatoms. The van der Waals surface area contributed by atoms with Crippen LogP contribution in [0.15, 0.2) is 54.4 Å². The highest BCUT2D eigenvalue weighted by Crippen LogP contribution is 2.39. The maximum atomic E-state index is 12.9. The second-order valence-corrected chi connectivity index (χ2v) is 7.85. The maximum Gasteiger partial charge on any atom is 0.295 e. The van der Waals surface area contributed by atoms with Crippen LogP contribution in [0.3, 0.4) is 0 Å². The summed E-state index contributed by atoms with van der Waals surface area (Å²) in [5.41, 5.74) is 1.24. The van der Waals surface area contributed by atoms with E-state index in [2.05, 4.69) is 18.8 Å². The maximum absolute atomic E-state index is 12.9. The number of rotatable bonds is 9. The van der Waals surface area contributed by atoms with Crippen molar-refractivity contribution >= 4 is 17.4 Å². The van der Waals surface area contributed by atoms with E-state index in [1.165, 1.54) is 4.90 Å². The minimum atomic E-state index is -0.697. The van der Waals surface area contributed by atoms with E-state index in [1.807, 2.05) is 0 Å². The molecule has 1 saturated heterocycles. The van der Waals surface area contributed by atoms with Crippen LogP contribution in [-0.4, -0.2) is 53.5 Å². The van der Waals surface area contributed by atoms with E-state index in [4.69, 9.17) is 9.47 Å². The molecule has 1 amide bonds. The lowest BCUT2D eigenvalue weighted by Crippen LogP contribution is -2.31. The largest absolute Gasteiger partial charge is 0.507 e. The molecule has 0 bridgehead atoms. The number of hydrogen-bond acceptors (Lipinski definition) is 6.